The Hall–Kier alpha value is -0.330. The van der Waals surface area contributed by atoms with Crippen molar-refractivity contribution in [2.24, 2.45) is 34.5 Å². The van der Waals surface area contributed by atoms with Crippen LogP contribution in [0.3, 0.4) is 0 Å². The first-order valence-electron chi connectivity index (χ1n) is 9.07. The van der Waals surface area contributed by atoms with E-state index in [1.807, 2.05) is 0 Å². The summed E-state index contributed by atoms with van der Waals surface area (Å²) in [4.78, 5) is 12.4. The van der Waals surface area contributed by atoms with Crippen LogP contribution in [-0.4, -0.2) is 5.78 Å². The second-order valence-corrected chi connectivity index (χ2v) is 8.92. The van der Waals surface area contributed by atoms with Crippen LogP contribution in [0.25, 0.3) is 0 Å². The Kier molecular flexibility index (Phi) is 2.89. The topological polar surface area (TPSA) is 17.1 Å². The minimum Gasteiger partial charge on any atom is -0.299 e. The summed E-state index contributed by atoms with van der Waals surface area (Å²) in [5.74, 6) is 3.82. The minimum atomic E-state index is 0.363. The first-order chi connectivity index (χ1) is 9.55. The number of fused-ring (bicyclic) bond motifs is 5. The fourth-order valence-electron chi connectivity index (χ4n) is 7.16. The van der Waals surface area contributed by atoms with Crippen LogP contribution in [-0.2, 0) is 4.79 Å². The number of hydrogen-bond donors (Lipinski definition) is 0. The molecular formula is C19H30O. The van der Waals surface area contributed by atoms with Gasteiger partial charge in [0.25, 0.3) is 0 Å². The smallest absolute Gasteiger partial charge is 0.136 e. The number of Topliss-reactive ketones (excluding diaryl/α,β-unsaturated/α-hetero) is 1. The van der Waals surface area contributed by atoms with E-state index in [1.165, 1.54) is 51.4 Å². The zero-order chi connectivity index (χ0) is 14.0. The Morgan fingerprint density at radius 2 is 1.75 bits per heavy atom. The highest BCUT2D eigenvalue weighted by atomic mass is 16.1. The van der Waals surface area contributed by atoms with Gasteiger partial charge in [-0.2, -0.15) is 0 Å². The van der Waals surface area contributed by atoms with Crippen LogP contribution in [0.5, 0.6) is 0 Å². The molecule has 0 aromatic carbocycles. The molecule has 0 N–H and O–H groups in total. The van der Waals surface area contributed by atoms with Crippen LogP contribution in [0.2, 0.25) is 0 Å². The highest BCUT2D eigenvalue weighted by Gasteiger charge is 2.58. The third-order valence-electron chi connectivity index (χ3n) is 8.18. The molecule has 0 bridgehead atoms. The third kappa shape index (κ3) is 1.64. The summed E-state index contributed by atoms with van der Waals surface area (Å²) >= 11 is 0. The molecule has 4 aliphatic carbocycles. The average Bonchev–Trinajstić information content (AvgIpc) is 2.80. The molecule has 0 saturated heterocycles. The lowest BCUT2D eigenvalue weighted by Crippen LogP contribution is -2.53. The standard InChI is InChI=1S/C19H30O/c1-18-10-3-5-14(18)13-7-8-16-17(20)6-4-11-19(16,2)15(13)9-12-18/h13-16H,3-12H2,1-2H3/t13-,14-,15-,16-,18-,19-/m1/s1. The lowest BCUT2D eigenvalue weighted by Gasteiger charge is -2.59. The monoisotopic (exact) mass is 274 g/mol. The van der Waals surface area contributed by atoms with Crippen molar-refractivity contribution in [3.8, 4) is 0 Å². The Bertz CT molecular complexity index is 427. The van der Waals surface area contributed by atoms with E-state index in [4.69, 9.17) is 0 Å². The van der Waals surface area contributed by atoms with Crippen molar-refractivity contribution < 1.29 is 4.79 Å². The second-order valence-electron chi connectivity index (χ2n) is 8.92. The van der Waals surface area contributed by atoms with E-state index in [2.05, 4.69) is 13.8 Å². The first kappa shape index (κ1) is 13.3. The van der Waals surface area contributed by atoms with Gasteiger partial charge >= 0.3 is 0 Å². The Morgan fingerprint density at radius 1 is 0.900 bits per heavy atom. The van der Waals surface area contributed by atoms with Crippen LogP contribution >= 0.6 is 0 Å². The molecule has 0 aliphatic heterocycles. The minimum absolute atomic E-state index is 0.363. The summed E-state index contributed by atoms with van der Waals surface area (Å²) in [6.07, 6.45) is 13.2. The molecule has 4 rings (SSSR count). The Morgan fingerprint density at radius 3 is 2.60 bits per heavy atom. The van der Waals surface area contributed by atoms with E-state index in [0.717, 1.165) is 30.6 Å². The first-order valence-corrected chi connectivity index (χ1v) is 9.07. The van der Waals surface area contributed by atoms with Gasteiger partial charge in [-0.3, -0.25) is 4.79 Å². The molecule has 20 heavy (non-hydrogen) atoms. The number of carbonyl (C=O) groups excluding carboxylic acids is 1. The van der Waals surface area contributed by atoms with Crippen molar-refractivity contribution in [1.82, 2.24) is 0 Å². The summed E-state index contributed by atoms with van der Waals surface area (Å²) in [5, 5.41) is 0. The molecule has 0 spiro atoms. The molecule has 1 heteroatoms. The third-order valence-corrected chi connectivity index (χ3v) is 8.18. The Balaban J connectivity index is 1.67. The molecule has 0 heterocycles. The van der Waals surface area contributed by atoms with E-state index in [1.54, 1.807) is 0 Å². The second kappa shape index (κ2) is 4.34. The average molecular weight is 274 g/mol. The lowest BCUT2D eigenvalue weighted by molar-refractivity contribution is -0.146. The molecule has 4 fully saturated rings. The zero-order valence-corrected chi connectivity index (χ0v) is 13.3. The van der Waals surface area contributed by atoms with Crippen LogP contribution in [0, 0.1) is 34.5 Å². The maximum absolute atomic E-state index is 12.4. The van der Waals surface area contributed by atoms with E-state index in [0.29, 0.717) is 22.5 Å². The van der Waals surface area contributed by atoms with E-state index >= 15 is 0 Å². The van der Waals surface area contributed by atoms with E-state index in [9.17, 15) is 4.79 Å². The molecule has 4 aliphatic rings. The van der Waals surface area contributed by atoms with Crippen LogP contribution in [0.1, 0.15) is 78.1 Å². The van der Waals surface area contributed by atoms with Crippen molar-refractivity contribution in [2.75, 3.05) is 0 Å². The molecule has 4 saturated carbocycles. The summed E-state index contributed by atoms with van der Waals surface area (Å²) in [6, 6.07) is 0. The number of hydrogen-bond acceptors (Lipinski definition) is 1. The summed E-state index contributed by atoms with van der Waals surface area (Å²) in [7, 11) is 0. The molecule has 0 unspecified atom stereocenters. The van der Waals surface area contributed by atoms with Gasteiger partial charge in [-0.25, -0.2) is 0 Å². The highest BCUT2D eigenvalue weighted by molar-refractivity contribution is 5.82. The van der Waals surface area contributed by atoms with Gasteiger partial charge in [0, 0.05) is 12.3 Å². The quantitative estimate of drug-likeness (QED) is 0.608. The Labute approximate surface area is 123 Å². The van der Waals surface area contributed by atoms with Crippen molar-refractivity contribution in [3.63, 3.8) is 0 Å². The molecule has 0 aromatic heterocycles. The fraction of sp³-hybridized carbons (Fsp3) is 0.947. The molecule has 112 valence electrons. The van der Waals surface area contributed by atoms with E-state index < -0.39 is 0 Å². The van der Waals surface area contributed by atoms with Crippen LogP contribution in [0.4, 0.5) is 0 Å². The van der Waals surface area contributed by atoms with Crippen molar-refractivity contribution in [1.29, 1.82) is 0 Å². The van der Waals surface area contributed by atoms with Gasteiger partial charge in [0.1, 0.15) is 5.78 Å². The summed E-state index contributed by atoms with van der Waals surface area (Å²) in [5.41, 5.74) is 1.02. The van der Waals surface area contributed by atoms with Crippen molar-refractivity contribution >= 4 is 5.78 Å². The maximum Gasteiger partial charge on any atom is 0.136 e. The SMILES string of the molecule is C[C@]12CCC[C@@H]1[C@H]1CC[C@@H]3C(=O)CCC[C@]3(C)[C@@H]1CC2. The van der Waals surface area contributed by atoms with Gasteiger partial charge in [0.05, 0.1) is 0 Å². The van der Waals surface area contributed by atoms with Crippen LogP contribution in [0.15, 0.2) is 0 Å². The van der Waals surface area contributed by atoms with E-state index in [-0.39, 0.29) is 0 Å². The zero-order valence-electron chi connectivity index (χ0n) is 13.3. The summed E-state index contributed by atoms with van der Waals surface area (Å²) in [6.45, 7) is 5.06. The summed E-state index contributed by atoms with van der Waals surface area (Å²) < 4.78 is 0. The normalized spacial score (nSPS) is 55.0. The molecular weight excluding hydrogens is 244 g/mol. The largest absolute Gasteiger partial charge is 0.299 e. The predicted molar refractivity (Wildman–Crippen MR) is 81.4 cm³/mol. The van der Waals surface area contributed by atoms with Crippen LogP contribution < -0.4 is 0 Å². The predicted octanol–water partition coefficient (Wildman–Crippen LogP) is 4.99. The number of rotatable bonds is 0. The number of carbonyl (C=O) groups is 1. The number of ketones is 1. The molecule has 0 aromatic rings. The maximum atomic E-state index is 12.4. The van der Waals surface area contributed by atoms with Gasteiger partial charge in [0.2, 0.25) is 0 Å². The van der Waals surface area contributed by atoms with Gasteiger partial charge in [0.15, 0.2) is 0 Å². The van der Waals surface area contributed by atoms with Gasteiger partial charge in [-0.05, 0) is 80.0 Å². The molecule has 0 amide bonds. The van der Waals surface area contributed by atoms with Gasteiger partial charge in [-0.15, -0.1) is 0 Å². The highest BCUT2D eigenvalue weighted by Crippen LogP contribution is 2.65. The van der Waals surface area contributed by atoms with Gasteiger partial charge in [-0.1, -0.05) is 20.3 Å². The fourth-order valence-corrected chi connectivity index (χ4v) is 7.16. The molecule has 6 atom stereocenters. The van der Waals surface area contributed by atoms with Gasteiger partial charge < -0.3 is 0 Å². The van der Waals surface area contributed by atoms with Crippen molar-refractivity contribution in [3.05, 3.63) is 0 Å². The lowest BCUT2D eigenvalue weighted by atomic mass is 9.45. The molecule has 1 nitrogen and oxygen atoms in total. The van der Waals surface area contributed by atoms with Crippen molar-refractivity contribution in [2.45, 2.75) is 78.1 Å². The molecule has 0 radical (unpaired) electrons.